The highest BCUT2D eigenvalue weighted by atomic mass is 16.5. The molecule has 3 nitrogen and oxygen atoms in total. The summed E-state index contributed by atoms with van der Waals surface area (Å²) in [5.74, 6) is -1.36. The van der Waals surface area contributed by atoms with Crippen LogP contribution in [0.1, 0.15) is 27.2 Å². The lowest BCUT2D eigenvalue weighted by atomic mass is 9.76. The van der Waals surface area contributed by atoms with Crippen molar-refractivity contribution in [2.45, 2.75) is 27.2 Å². The van der Waals surface area contributed by atoms with Gasteiger partial charge in [0.25, 0.3) is 0 Å². The van der Waals surface area contributed by atoms with Crippen molar-refractivity contribution in [1.82, 2.24) is 0 Å². The maximum Gasteiger partial charge on any atom is 0.317 e. The molecule has 0 fully saturated rings. The fraction of sp³-hybridized carbons (Fsp3) is 0.538. The van der Waals surface area contributed by atoms with Crippen LogP contribution in [0.15, 0.2) is 23.8 Å². The number of ketones is 1. The van der Waals surface area contributed by atoms with Crippen LogP contribution >= 0.6 is 0 Å². The second kappa shape index (κ2) is 5.10. The van der Waals surface area contributed by atoms with Crippen molar-refractivity contribution in [2.75, 3.05) is 6.61 Å². The third kappa shape index (κ3) is 2.40. The Labute approximate surface area is 96.2 Å². The lowest BCUT2D eigenvalue weighted by molar-refractivity contribution is -0.152. The zero-order valence-corrected chi connectivity index (χ0v) is 10.1. The van der Waals surface area contributed by atoms with Gasteiger partial charge < -0.3 is 4.74 Å². The fourth-order valence-electron chi connectivity index (χ4n) is 1.96. The molecular weight excluding hydrogens is 204 g/mol. The second-order valence-electron chi connectivity index (χ2n) is 4.17. The molecule has 2 atom stereocenters. The minimum absolute atomic E-state index is 0.116. The Balaban J connectivity index is 2.99. The highest BCUT2D eigenvalue weighted by Gasteiger charge is 2.38. The van der Waals surface area contributed by atoms with Gasteiger partial charge in [0.1, 0.15) is 5.92 Å². The van der Waals surface area contributed by atoms with Crippen LogP contribution in [0, 0.1) is 11.8 Å². The van der Waals surface area contributed by atoms with E-state index in [0.29, 0.717) is 18.6 Å². The molecule has 0 bridgehead atoms. The molecule has 1 rings (SSSR count). The molecule has 0 amide bonds. The van der Waals surface area contributed by atoms with E-state index in [2.05, 4.69) is 6.58 Å². The van der Waals surface area contributed by atoms with Crippen LogP contribution in [0.4, 0.5) is 0 Å². The molecule has 0 N–H and O–H groups in total. The topological polar surface area (TPSA) is 43.4 Å². The van der Waals surface area contributed by atoms with E-state index in [-0.39, 0.29) is 11.7 Å². The molecule has 1 aliphatic carbocycles. The van der Waals surface area contributed by atoms with E-state index in [1.165, 1.54) is 0 Å². The first-order chi connectivity index (χ1) is 7.49. The molecule has 0 aromatic heterocycles. The van der Waals surface area contributed by atoms with E-state index in [9.17, 15) is 9.59 Å². The molecule has 16 heavy (non-hydrogen) atoms. The van der Waals surface area contributed by atoms with E-state index in [1.807, 2.05) is 13.0 Å². The SMILES string of the molecule is C=C(C)[C@@H]1CC=C(C)C(=O)[C@H]1C(=O)OCC. The van der Waals surface area contributed by atoms with Crippen LogP contribution in [0.25, 0.3) is 0 Å². The minimum Gasteiger partial charge on any atom is -0.465 e. The predicted octanol–water partition coefficient (Wildman–Crippen LogP) is 2.28. The van der Waals surface area contributed by atoms with Crippen molar-refractivity contribution in [2.24, 2.45) is 11.8 Å². The van der Waals surface area contributed by atoms with Gasteiger partial charge in [0.2, 0.25) is 0 Å². The Morgan fingerprint density at radius 3 is 2.75 bits per heavy atom. The third-order valence-corrected chi connectivity index (χ3v) is 2.92. The maximum atomic E-state index is 11.9. The van der Waals surface area contributed by atoms with Crippen molar-refractivity contribution in [3.05, 3.63) is 23.8 Å². The third-order valence-electron chi connectivity index (χ3n) is 2.92. The summed E-state index contributed by atoms with van der Waals surface area (Å²) in [5, 5.41) is 0. The predicted molar refractivity (Wildman–Crippen MR) is 61.8 cm³/mol. The summed E-state index contributed by atoms with van der Waals surface area (Å²) < 4.78 is 4.95. The second-order valence-corrected chi connectivity index (χ2v) is 4.17. The summed E-state index contributed by atoms with van der Waals surface area (Å²) in [6, 6.07) is 0. The molecule has 0 aromatic carbocycles. The molecule has 0 heterocycles. The van der Waals surface area contributed by atoms with E-state index < -0.39 is 11.9 Å². The molecule has 0 aliphatic heterocycles. The number of carbonyl (C=O) groups excluding carboxylic acids is 2. The summed E-state index contributed by atoms with van der Waals surface area (Å²) in [6.07, 6.45) is 2.56. The van der Waals surface area contributed by atoms with Gasteiger partial charge in [-0.15, -0.1) is 0 Å². The van der Waals surface area contributed by atoms with Crippen molar-refractivity contribution in [3.63, 3.8) is 0 Å². The Kier molecular flexibility index (Phi) is 4.05. The van der Waals surface area contributed by atoms with Gasteiger partial charge in [-0.2, -0.15) is 0 Å². The number of esters is 1. The quantitative estimate of drug-likeness (QED) is 0.418. The van der Waals surface area contributed by atoms with Gasteiger partial charge in [-0.1, -0.05) is 18.2 Å². The van der Waals surface area contributed by atoms with E-state index >= 15 is 0 Å². The average Bonchev–Trinajstić information content (AvgIpc) is 2.21. The van der Waals surface area contributed by atoms with Crippen LogP contribution < -0.4 is 0 Å². The number of carbonyl (C=O) groups is 2. The molecule has 0 radical (unpaired) electrons. The van der Waals surface area contributed by atoms with Gasteiger partial charge in [-0.25, -0.2) is 0 Å². The normalized spacial score (nSPS) is 24.9. The Morgan fingerprint density at radius 2 is 2.25 bits per heavy atom. The number of Topliss-reactive ketones (excluding diaryl/α,β-unsaturated/α-hetero) is 1. The zero-order valence-electron chi connectivity index (χ0n) is 10.1. The number of rotatable bonds is 3. The molecule has 0 saturated carbocycles. The lowest BCUT2D eigenvalue weighted by Gasteiger charge is -2.27. The average molecular weight is 222 g/mol. The molecule has 88 valence electrons. The van der Waals surface area contributed by atoms with E-state index in [0.717, 1.165) is 5.57 Å². The molecule has 3 heteroatoms. The van der Waals surface area contributed by atoms with E-state index in [4.69, 9.17) is 4.74 Å². The first-order valence-corrected chi connectivity index (χ1v) is 5.52. The van der Waals surface area contributed by atoms with E-state index in [1.54, 1.807) is 13.8 Å². The fourth-order valence-corrected chi connectivity index (χ4v) is 1.96. The Hall–Kier alpha value is -1.38. The minimum atomic E-state index is -0.692. The van der Waals surface area contributed by atoms with Gasteiger partial charge in [-0.05, 0) is 32.8 Å². The van der Waals surface area contributed by atoms with Gasteiger partial charge >= 0.3 is 5.97 Å². The lowest BCUT2D eigenvalue weighted by Crippen LogP contribution is -2.36. The maximum absolute atomic E-state index is 11.9. The number of hydrogen-bond acceptors (Lipinski definition) is 3. The van der Waals surface area contributed by atoms with Crippen LogP contribution in [-0.2, 0) is 14.3 Å². The standard InChI is InChI=1S/C13H18O3/c1-5-16-13(15)11-10(8(2)3)7-6-9(4)12(11)14/h6,10-11H,2,5,7H2,1,3-4H3/t10-,11-/m0/s1. The summed E-state index contributed by atoms with van der Waals surface area (Å²) in [4.78, 5) is 23.7. The summed E-state index contributed by atoms with van der Waals surface area (Å²) in [6.45, 7) is 9.47. The number of hydrogen-bond donors (Lipinski definition) is 0. The van der Waals surface area contributed by atoms with Gasteiger partial charge in [-0.3, -0.25) is 9.59 Å². The van der Waals surface area contributed by atoms with Crippen LogP contribution in [0.3, 0.4) is 0 Å². The van der Waals surface area contributed by atoms with Crippen molar-refractivity contribution in [3.8, 4) is 0 Å². The molecule has 0 aromatic rings. The number of ether oxygens (including phenoxy) is 1. The first-order valence-electron chi connectivity index (χ1n) is 5.52. The van der Waals surface area contributed by atoms with Crippen molar-refractivity contribution < 1.29 is 14.3 Å². The molecule has 1 aliphatic rings. The summed E-state index contributed by atoms with van der Waals surface area (Å²) in [5.41, 5.74) is 1.51. The molecule has 0 unspecified atom stereocenters. The molecule has 0 saturated heterocycles. The Morgan fingerprint density at radius 1 is 1.62 bits per heavy atom. The van der Waals surface area contributed by atoms with Gasteiger partial charge in [0.15, 0.2) is 5.78 Å². The number of allylic oxidation sites excluding steroid dienone is 3. The first kappa shape index (κ1) is 12.7. The smallest absolute Gasteiger partial charge is 0.317 e. The monoisotopic (exact) mass is 222 g/mol. The van der Waals surface area contributed by atoms with Gasteiger partial charge in [0.05, 0.1) is 6.61 Å². The molecular formula is C13H18O3. The van der Waals surface area contributed by atoms with Crippen LogP contribution in [0.2, 0.25) is 0 Å². The zero-order chi connectivity index (χ0) is 12.3. The van der Waals surface area contributed by atoms with Crippen LogP contribution in [-0.4, -0.2) is 18.4 Å². The van der Waals surface area contributed by atoms with Crippen molar-refractivity contribution >= 4 is 11.8 Å². The summed E-state index contributed by atoms with van der Waals surface area (Å²) >= 11 is 0. The van der Waals surface area contributed by atoms with Crippen molar-refractivity contribution in [1.29, 1.82) is 0 Å². The molecule has 0 spiro atoms. The van der Waals surface area contributed by atoms with Crippen LogP contribution in [0.5, 0.6) is 0 Å². The summed E-state index contributed by atoms with van der Waals surface area (Å²) in [7, 11) is 0. The Bertz CT molecular complexity index is 352. The van der Waals surface area contributed by atoms with Gasteiger partial charge in [0, 0.05) is 5.92 Å². The largest absolute Gasteiger partial charge is 0.465 e. The highest BCUT2D eigenvalue weighted by Crippen LogP contribution is 2.32. The highest BCUT2D eigenvalue weighted by molar-refractivity contribution is 6.09.